The maximum Gasteiger partial charge on any atom is 0.273 e. The molecule has 1 aromatic heterocycles. The number of carbonyl (C=O) groups is 1. The van der Waals surface area contributed by atoms with Crippen LogP contribution in [0.4, 0.5) is 5.82 Å². The van der Waals surface area contributed by atoms with Gasteiger partial charge in [0.1, 0.15) is 11.5 Å². The summed E-state index contributed by atoms with van der Waals surface area (Å²) in [7, 11) is 1.82. The molecular formula is C17H28N4O. The first-order valence-corrected chi connectivity index (χ1v) is 8.54. The van der Waals surface area contributed by atoms with Gasteiger partial charge in [0.05, 0.1) is 12.4 Å². The summed E-state index contributed by atoms with van der Waals surface area (Å²) in [5.74, 6) is 0.724. The fourth-order valence-electron chi connectivity index (χ4n) is 2.84. The summed E-state index contributed by atoms with van der Waals surface area (Å²) in [6.07, 6.45) is 13.0. The highest BCUT2D eigenvalue weighted by molar-refractivity contribution is 5.91. The van der Waals surface area contributed by atoms with Gasteiger partial charge in [-0.25, -0.2) is 9.97 Å². The van der Waals surface area contributed by atoms with Gasteiger partial charge in [-0.15, -0.1) is 0 Å². The van der Waals surface area contributed by atoms with Crippen LogP contribution in [0.5, 0.6) is 0 Å². The Hall–Kier alpha value is -1.65. The number of unbranched alkanes of at least 4 members (excludes halogenated alkanes) is 1. The molecule has 0 spiro atoms. The van der Waals surface area contributed by atoms with E-state index in [1.165, 1.54) is 38.5 Å². The molecule has 5 heteroatoms. The Balaban J connectivity index is 1.90. The van der Waals surface area contributed by atoms with Crippen molar-refractivity contribution in [1.29, 1.82) is 0 Å². The Morgan fingerprint density at radius 2 is 1.95 bits per heavy atom. The summed E-state index contributed by atoms with van der Waals surface area (Å²) >= 11 is 0. The lowest BCUT2D eigenvalue weighted by atomic mass is 10.1. The van der Waals surface area contributed by atoms with Crippen molar-refractivity contribution in [2.75, 3.05) is 18.9 Å². The predicted molar refractivity (Wildman–Crippen MR) is 89.0 cm³/mol. The molecule has 1 aliphatic carbocycles. The number of amides is 1. The van der Waals surface area contributed by atoms with Crippen molar-refractivity contribution in [3.63, 3.8) is 0 Å². The van der Waals surface area contributed by atoms with Gasteiger partial charge in [-0.2, -0.15) is 0 Å². The summed E-state index contributed by atoms with van der Waals surface area (Å²) in [4.78, 5) is 22.6. The molecule has 1 N–H and O–H groups in total. The highest BCUT2D eigenvalue weighted by atomic mass is 16.2. The molecule has 0 saturated heterocycles. The predicted octanol–water partition coefficient (Wildman–Crippen LogP) is 3.48. The fourth-order valence-corrected chi connectivity index (χ4v) is 2.84. The van der Waals surface area contributed by atoms with Gasteiger partial charge in [-0.1, -0.05) is 39.0 Å². The van der Waals surface area contributed by atoms with E-state index in [1.54, 1.807) is 17.3 Å². The van der Waals surface area contributed by atoms with Crippen molar-refractivity contribution in [1.82, 2.24) is 14.9 Å². The zero-order valence-electron chi connectivity index (χ0n) is 13.8. The quantitative estimate of drug-likeness (QED) is 0.817. The highest BCUT2D eigenvalue weighted by Gasteiger charge is 2.15. The van der Waals surface area contributed by atoms with Crippen LogP contribution in [0.15, 0.2) is 12.4 Å². The van der Waals surface area contributed by atoms with Crippen molar-refractivity contribution < 1.29 is 4.79 Å². The van der Waals surface area contributed by atoms with E-state index in [0.717, 1.165) is 25.2 Å². The zero-order valence-corrected chi connectivity index (χ0v) is 13.8. The second-order valence-electron chi connectivity index (χ2n) is 6.20. The molecule has 1 saturated carbocycles. The van der Waals surface area contributed by atoms with Crippen LogP contribution >= 0.6 is 0 Å². The third kappa shape index (κ3) is 4.97. The number of carbonyl (C=O) groups excluding carboxylic acids is 1. The lowest BCUT2D eigenvalue weighted by Crippen LogP contribution is -2.28. The SMILES string of the molecule is CCCCN(C)C(=O)c1cnc(NC2CCCCCC2)cn1. The Bertz CT molecular complexity index is 452. The van der Waals surface area contributed by atoms with E-state index in [9.17, 15) is 4.79 Å². The van der Waals surface area contributed by atoms with Gasteiger partial charge in [-0.05, 0) is 19.3 Å². The van der Waals surface area contributed by atoms with E-state index in [2.05, 4.69) is 22.2 Å². The summed E-state index contributed by atoms with van der Waals surface area (Å²) in [5, 5.41) is 3.45. The molecule has 0 bridgehead atoms. The second kappa shape index (κ2) is 8.71. The normalized spacial score (nSPS) is 16.1. The molecule has 2 rings (SSSR count). The van der Waals surface area contributed by atoms with E-state index in [1.807, 2.05) is 7.05 Å². The minimum atomic E-state index is -0.0537. The molecule has 1 heterocycles. The zero-order chi connectivity index (χ0) is 15.8. The number of rotatable bonds is 6. The second-order valence-corrected chi connectivity index (χ2v) is 6.20. The molecule has 0 aromatic carbocycles. The van der Waals surface area contributed by atoms with Gasteiger partial charge in [0.15, 0.2) is 0 Å². The standard InChI is InChI=1S/C17H28N4O/c1-3-4-11-21(2)17(22)15-12-19-16(13-18-15)20-14-9-7-5-6-8-10-14/h12-14H,3-11H2,1-2H3,(H,19,20). The van der Waals surface area contributed by atoms with Crippen LogP contribution in [0.1, 0.15) is 68.8 Å². The number of nitrogens with zero attached hydrogens (tertiary/aromatic N) is 3. The monoisotopic (exact) mass is 304 g/mol. The molecule has 122 valence electrons. The molecule has 0 atom stereocenters. The smallest absolute Gasteiger partial charge is 0.273 e. The number of hydrogen-bond donors (Lipinski definition) is 1. The van der Waals surface area contributed by atoms with Crippen LogP contribution in [0.2, 0.25) is 0 Å². The van der Waals surface area contributed by atoms with Crippen molar-refractivity contribution in [2.45, 2.75) is 64.3 Å². The fraction of sp³-hybridized carbons (Fsp3) is 0.706. The molecular weight excluding hydrogens is 276 g/mol. The van der Waals surface area contributed by atoms with Crippen molar-refractivity contribution in [2.24, 2.45) is 0 Å². The largest absolute Gasteiger partial charge is 0.366 e. The van der Waals surface area contributed by atoms with Crippen LogP contribution in [0.25, 0.3) is 0 Å². The summed E-state index contributed by atoms with van der Waals surface area (Å²) < 4.78 is 0. The Morgan fingerprint density at radius 3 is 2.55 bits per heavy atom. The Kier molecular flexibility index (Phi) is 6.62. The average Bonchev–Trinajstić information content (AvgIpc) is 2.81. The van der Waals surface area contributed by atoms with Crippen LogP contribution in [-0.4, -0.2) is 40.4 Å². The van der Waals surface area contributed by atoms with Crippen LogP contribution in [0.3, 0.4) is 0 Å². The van der Waals surface area contributed by atoms with Crippen LogP contribution in [-0.2, 0) is 0 Å². The summed E-state index contributed by atoms with van der Waals surface area (Å²) in [6.45, 7) is 2.88. The van der Waals surface area contributed by atoms with Crippen LogP contribution in [0, 0.1) is 0 Å². The van der Waals surface area contributed by atoms with E-state index in [4.69, 9.17) is 0 Å². The first kappa shape index (κ1) is 16.7. The van der Waals surface area contributed by atoms with Gasteiger partial charge >= 0.3 is 0 Å². The lowest BCUT2D eigenvalue weighted by Gasteiger charge is -2.18. The molecule has 0 unspecified atom stereocenters. The number of aromatic nitrogens is 2. The molecule has 22 heavy (non-hydrogen) atoms. The van der Waals surface area contributed by atoms with Crippen molar-refractivity contribution in [3.8, 4) is 0 Å². The van der Waals surface area contributed by atoms with E-state index in [0.29, 0.717) is 11.7 Å². The summed E-state index contributed by atoms with van der Waals surface area (Å²) in [6, 6.07) is 0.491. The Morgan fingerprint density at radius 1 is 1.23 bits per heavy atom. The third-order valence-corrected chi connectivity index (χ3v) is 4.27. The first-order chi connectivity index (χ1) is 10.7. The van der Waals surface area contributed by atoms with Gasteiger partial charge in [-0.3, -0.25) is 4.79 Å². The molecule has 0 aliphatic heterocycles. The third-order valence-electron chi connectivity index (χ3n) is 4.27. The highest BCUT2D eigenvalue weighted by Crippen LogP contribution is 2.20. The lowest BCUT2D eigenvalue weighted by molar-refractivity contribution is 0.0787. The molecule has 0 radical (unpaired) electrons. The average molecular weight is 304 g/mol. The Labute approximate surface area is 133 Å². The minimum absolute atomic E-state index is 0.0537. The number of nitrogens with one attached hydrogen (secondary N) is 1. The maximum absolute atomic E-state index is 12.2. The topological polar surface area (TPSA) is 58.1 Å². The summed E-state index contributed by atoms with van der Waals surface area (Å²) in [5.41, 5.74) is 0.421. The maximum atomic E-state index is 12.2. The minimum Gasteiger partial charge on any atom is -0.366 e. The molecule has 1 fully saturated rings. The molecule has 1 amide bonds. The molecule has 1 aliphatic rings. The molecule has 5 nitrogen and oxygen atoms in total. The first-order valence-electron chi connectivity index (χ1n) is 8.54. The van der Waals surface area contributed by atoms with Crippen molar-refractivity contribution >= 4 is 11.7 Å². The van der Waals surface area contributed by atoms with Gasteiger partial charge < -0.3 is 10.2 Å². The van der Waals surface area contributed by atoms with Gasteiger partial charge in [0.25, 0.3) is 5.91 Å². The number of hydrogen-bond acceptors (Lipinski definition) is 4. The van der Waals surface area contributed by atoms with Crippen molar-refractivity contribution in [3.05, 3.63) is 18.1 Å². The van der Waals surface area contributed by atoms with Gasteiger partial charge in [0.2, 0.25) is 0 Å². The van der Waals surface area contributed by atoms with Crippen LogP contribution < -0.4 is 5.32 Å². The van der Waals surface area contributed by atoms with E-state index >= 15 is 0 Å². The molecule has 1 aromatic rings. The van der Waals surface area contributed by atoms with Gasteiger partial charge in [0, 0.05) is 19.6 Å². The van der Waals surface area contributed by atoms with E-state index < -0.39 is 0 Å². The van der Waals surface area contributed by atoms with E-state index in [-0.39, 0.29) is 5.91 Å². The number of anilines is 1.